The maximum atomic E-state index is 11.9. The molecule has 1 aliphatic carbocycles. The third kappa shape index (κ3) is 4.06. The summed E-state index contributed by atoms with van der Waals surface area (Å²) < 4.78 is 0. The SMILES string of the molecule is CCC1NC(=O)N(C2CCCCC2)C1=O.Cc1cccs1. The van der Waals surface area contributed by atoms with Crippen LogP contribution in [0.15, 0.2) is 17.5 Å². The van der Waals surface area contributed by atoms with E-state index >= 15 is 0 Å². The number of rotatable bonds is 2. The molecule has 4 nitrogen and oxygen atoms in total. The van der Waals surface area contributed by atoms with E-state index in [1.807, 2.05) is 6.92 Å². The van der Waals surface area contributed by atoms with Crippen molar-refractivity contribution in [3.8, 4) is 0 Å². The van der Waals surface area contributed by atoms with E-state index in [-0.39, 0.29) is 24.0 Å². The van der Waals surface area contributed by atoms with Crippen LogP contribution in [0, 0.1) is 6.92 Å². The molecule has 2 heterocycles. The van der Waals surface area contributed by atoms with Crippen molar-refractivity contribution < 1.29 is 9.59 Å². The summed E-state index contributed by atoms with van der Waals surface area (Å²) in [7, 11) is 0. The maximum absolute atomic E-state index is 11.9. The molecule has 116 valence electrons. The van der Waals surface area contributed by atoms with Crippen molar-refractivity contribution in [2.75, 3.05) is 0 Å². The zero-order valence-corrected chi connectivity index (χ0v) is 13.6. The molecule has 1 atom stereocenters. The molecule has 1 saturated heterocycles. The molecule has 1 aliphatic heterocycles. The second-order valence-electron chi connectivity index (χ2n) is 5.63. The number of urea groups is 1. The second-order valence-corrected chi connectivity index (χ2v) is 6.79. The first-order chi connectivity index (χ1) is 10.1. The average molecular weight is 308 g/mol. The van der Waals surface area contributed by atoms with Crippen LogP contribution in [0.5, 0.6) is 0 Å². The molecular formula is C16H24N2O2S. The topological polar surface area (TPSA) is 49.4 Å². The highest BCUT2D eigenvalue weighted by atomic mass is 32.1. The van der Waals surface area contributed by atoms with Crippen LogP contribution in [0.4, 0.5) is 4.79 Å². The van der Waals surface area contributed by atoms with Crippen molar-refractivity contribution in [3.05, 3.63) is 22.4 Å². The lowest BCUT2D eigenvalue weighted by atomic mass is 9.94. The number of nitrogens with one attached hydrogen (secondary N) is 1. The van der Waals surface area contributed by atoms with Gasteiger partial charge in [-0.2, -0.15) is 0 Å². The van der Waals surface area contributed by atoms with E-state index in [0.29, 0.717) is 6.42 Å². The zero-order valence-electron chi connectivity index (χ0n) is 12.8. The van der Waals surface area contributed by atoms with Gasteiger partial charge in [-0.15, -0.1) is 11.3 Å². The van der Waals surface area contributed by atoms with E-state index in [1.54, 1.807) is 11.3 Å². The molecule has 1 aromatic rings. The van der Waals surface area contributed by atoms with E-state index in [0.717, 1.165) is 25.7 Å². The molecule has 5 heteroatoms. The molecule has 1 N–H and O–H groups in total. The van der Waals surface area contributed by atoms with Gasteiger partial charge < -0.3 is 5.32 Å². The molecule has 3 amide bonds. The Labute approximate surface area is 130 Å². The number of nitrogens with zero attached hydrogens (tertiary/aromatic N) is 1. The van der Waals surface area contributed by atoms with Crippen molar-refractivity contribution in [2.45, 2.75) is 64.5 Å². The molecular weight excluding hydrogens is 284 g/mol. The Balaban J connectivity index is 0.000000225. The van der Waals surface area contributed by atoms with Gasteiger partial charge in [0, 0.05) is 10.9 Å². The third-order valence-corrected chi connectivity index (χ3v) is 4.86. The van der Waals surface area contributed by atoms with Crippen molar-refractivity contribution in [1.29, 1.82) is 0 Å². The number of carbonyl (C=O) groups excluding carboxylic acids is 2. The van der Waals surface area contributed by atoms with Crippen molar-refractivity contribution in [3.63, 3.8) is 0 Å². The zero-order chi connectivity index (χ0) is 15.2. The van der Waals surface area contributed by atoms with Gasteiger partial charge in [-0.1, -0.05) is 32.3 Å². The van der Waals surface area contributed by atoms with E-state index in [1.165, 1.54) is 16.2 Å². The van der Waals surface area contributed by atoms with Crippen LogP contribution in [0.25, 0.3) is 0 Å². The highest BCUT2D eigenvalue weighted by molar-refractivity contribution is 7.09. The molecule has 0 spiro atoms. The molecule has 0 bridgehead atoms. The van der Waals surface area contributed by atoms with Gasteiger partial charge in [0.25, 0.3) is 5.91 Å². The molecule has 1 saturated carbocycles. The third-order valence-electron chi connectivity index (χ3n) is 4.06. The Morgan fingerprint density at radius 2 is 2.00 bits per heavy atom. The fourth-order valence-corrected chi connectivity index (χ4v) is 3.40. The summed E-state index contributed by atoms with van der Waals surface area (Å²) in [5.41, 5.74) is 0. The minimum absolute atomic E-state index is 0.0191. The van der Waals surface area contributed by atoms with Gasteiger partial charge >= 0.3 is 6.03 Å². The Bertz CT molecular complexity index is 467. The van der Waals surface area contributed by atoms with Crippen LogP contribution < -0.4 is 5.32 Å². The summed E-state index contributed by atoms with van der Waals surface area (Å²) >= 11 is 1.78. The molecule has 21 heavy (non-hydrogen) atoms. The van der Waals surface area contributed by atoms with Crippen molar-refractivity contribution in [2.24, 2.45) is 0 Å². The minimum Gasteiger partial charge on any atom is -0.326 e. The van der Waals surface area contributed by atoms with Crippen LogP contribution in [-0.2, 0) is 4.79 Å². The fourth-order valence-electron chi connectivity index (χ4n) is 2.87. The number of hydrogen-bond acceptors (Lipinski definition) is 3. The summed E-state index contributed by atoms with van der Waals surface area (Å²) in [5.74, 6) is -0.0191. The van der Waals surface area contributed by atoms with E-state index < -0.39 is 0 Å². The standard InChI is InChI=1S/C11H18N2O2.C5H6S/c1-2-9-10(14)13(11(15)12-9)8-6-4-3-5-7-8;1-5-3-2-4-6-5/h8-9H,2-7H2,1H3,(H,12,15);2-4H,1H3. The van der Waals surface area contributed by atoms with Gasteiger partial charge in [0.15, 0.2) is 0 Å². The van der Waals surface area contributed by atoms with Gasteiger partial charge in [0.05, 0.1) is 0 Å². The number of thiophene rings is 1. The van der Waals surface area contributed by atoms with Crippen LogP contribution in [0.2, 0.25) is 0 Å². The Morgan fingerprint density at radius 3 is 2.43 bits per heavy atom. The van der Waals surface area contributed by atoms with Crippen LogP contribution >= 0.6 is 11.3 Å². The van der Waals surface area contributed by atoms with Crippen LogP contribution in [0.3, 0.4) is 0 Å². The molecule has 2 aliphatic rings. The first-order valence-electron chi connectivity index (χ1n) is 7.77. The van der Waals surface area contributed by atoms with Gasteiger partial charge in [-0.3, -0.25) is 9.69 Å². The number of aryl methyl sites for hydroxylation is 1. The van der Waals surface area contributed by atoms with Gasteiger partial charge in [0.1, 0.15) is 6.04 Å². The lowest BCUT2D eigenvalue weighted by Crippen LogP contribution is -2.41. The Morgan fingerprint density at radius 1 is 1.29 bits per heavy atom. The Hall–Kier alpha value is -1.36. The predicted octanol–water partition coefficient (Wildman–Crippen LogP) is 3.71. The van der Waals surface area contributed by atoms with Gasteiger partial charge in [-0.25, -0.2) is 4.79 Å². The molecule has 1 unspecified atom stereocenters. The molecule has 0 radical (unpaired) electrons. The van der Waals surface area contributed by atoms with Crippen LogP contribution in [-0.4, -0.2) is 28.9 Å². The van der Waals surface area contributed by atoms with Gasteiger partial charge in [-0.05, 0) is 37.6 Å². The number of carbonyl (C=O) groups is 2. The second kappa shape index (κ2) is 7.59. The molecule has 0 aromatic carbocycles. The predicted molar refractivity (Wildman–Crippen MR) is 85.4 cm³/mol. The maximum Gasteiger partial charge on any atom is 0.325 e. The quantitative estimate of drug-likeness (QED) is 0.847. The van der Waals surface area contributed by atoms with Crippen molar-refractivity contribution in [1.82, 2.24) is 10.2 Å². The largest absolute Gasteiger partial charge is 0.326 e. The summed E-state index contributed by atoms with van der Waals surface area (Å²) in [6.45, 7) is 4.03. The summed E-state index contributed by atoms with van der Waals surface area (Å²) in [5, 5.41) is 4.82. The van der Waals surface area contributed by atoms with Crippen molar-refractivity contribution >= 4 is 23.3 Å². The van der Waals surface area contributed by atoms with E-state index in [4.69, 9.17) is 0 Å². The normalized spacial score (nSPS) is 22.8. The van der Waals surface area contributed by atoms with Crippen LogP contribution in [0.1, 0.15) is 50.3 Å². The van der Waals surface area contributed by atoms with Gasteiger partial charge in [0.2, 0.25) is 0 Å². The summed E-state index contributed by atoms with van der Waals surface area (Å²) in [6, 6.07) is 3.85. The summed E-state index contributed by atoms with van der Waals surface area (Å²) in [6.07, 6.45) is 6.16. The molecule has 1 aromatic heterocycles. The first-order valence-corrected chi connectivity index (χ1v) is 8.65. The Kier molecular flexibility index (Phi) is 5.79. The lowest BCUT2D eigenvalue weighted by molar-refractivity contribution is -0.129. The number of imide groups is 1. The average Bonchev–Trinajstić information content (AvgIpc) is 3.07. The van der Waals surface area contributed by atoms with E-state index in [2.05, 4.69) is 29.8 Å². The fraction of sp³-hybridized carbons (Fsp3) is 0.625. The smallest absolute Gasteiger partial charge is 0.325 e. The monoisotopic (exact) mass is 308 g/mol. The molecule has 3 rings (SSSR count). The molecule has 2 fully saturated rings. The lowest BCUT2D eigenvalue weighted by Gasteiger charge is -2.28. The van der Waals surface area contributed by atoms with E-state index in [9.17, 15) is 9.59 Å². The minimum atomic E-state index is -0.278. The highest BCUT2D eigenvalue weighted by Crippen LogP contribution is 2.25. The summed E-state index contributed by atoms with van der Waals surface area (Å²) in [4.78, 5) is 26.4. The number of amides is 3. The number of hydrogen-bond donors (Lipinski definition) is 1. The first kappa shape index (κ1) is 16.0. The highest BCUT2D eigenvalue weighted by Gasteiger charge is 2.41.